The number of carbonyl (C=O) groups excluding carboxylic acids is 1. The van der Waals surface area contributed by atoms with E-state index in [1.807, 2.05) is 0 Å². The number of methoxy groups -OCH3 is 1. The quantitative estimate of drug-likeness (QED) is 0.310. The first kappa shape index (κ1) is 7.01. The Kier molecular flexibility index (Phi) is 2.69. The van der Waals surface area contributed by atoms with Crippen molar-refractivity contribution in [2.24, 2.45) is 0 Å². The Morgan fingerprint density at radius 3 is 2.38 bits per heavy atom. The minimum Gasteiger partial charge on any atom is -0.515 e. The largest absolute Gasteiger partial charge is 0.515 e. The molecule has 0 bridgehead atoms. The Labute approximate surface area is 47.6 Å². The van der Waals surface area contributed by atoms with E-state index in [9.17, 15) is 4.79 Å². The lowest BCUT2D eigenvalue weighted by Crippen LogP contribution is -2.00. The lowest BCUT2D eigenvalue weighted by atomic mass is 10.3. The second kappa shape index (κ2) is 3.07. The van der Waals surface area contributed by atoms with Crippen LogP contribution in [0.5, 0.6) is 0 Å². The molecule has 0 aliphatic carbocycles. The summed E-state index contributed by atoms with van der Waals surface area (Å²) in [5.41, 5.74) is 0.201. The van der Waals surface area contributed by atoms with E-state index in [0.717, 1.165) is 0 Å². The lowest BCUT2D eigenvalue weighted by molar-refractivity contribution is -0.136. The number of esters is 1. The summed E-state index contributed by atoms with van der Waals surface area (Å²) in [6, 6.07) is 0. The summed E-state index contributed by atoms with van der Waals surface area (Å²) in [4.78, 5) is 10.3. The molecule has 0 aromatic rings. The smallest absolute Gasteiger partial charge is 0.336 e. The van der Waals surface area contributed by atoms with Gasteiger partial charge in [0.25, 0.3) is 0 Å². The van der Waals surface area contributed by atoms with E-state index in [1.165, 1.54) is 14.0 Å². The molecule has 3 nitrogen and oxygen atoms in total. The Morgan fingerprint density at radius 2 is 2.25 bits per heavy atom. The van der Waals surface area contributed by atoms with Gasteiger partial charge in [-0.2, -0.15) is 0 Å². The predicted molar refractivity (Wildman–Crippen MR) is 28.4 cm³/mol. The summed E-state index contributed by atoms with van der Waals surface area (Å²) in [7, 11) is 1.26. The molecule has 0 amide bonds. The van der Waals surface area contributed by atoms with E-state index in [-0.39, 0.29) is 5.57 Å². The number of aliphatic hydroxyl groups is 1. The van der Waals surface area contributed by atoms with Gasteiger partial charge in [0, 0.05) is 0 Å². The summed E-state index contributed by atoms with van der Waals surface area (Å²) in [5, 5.41) is 8.17. The van der Waals surface area contributed by atoms with Gasteiger partial charge in [-0.3, -0.25) is 0 Å². The average molecular weight is 116 g/mol. The maximum atomic E-state index is 10.3. The number of hydrogen-bond donors (Lipinski definition) is 1. The van der Waals surface area contributed by atoms with Crippen molar-refractivity contribution in [2.45, 2.75) is 6.92 Å². The van der Waals surface area contributed by atoms with Crippen molar-refractivity contribution < 1.29 is 14.6 Å². The molecule has 0 aliphatic heterocycles. The molecule has 0 atom stereocenters. The lowest BCUT2D eigenvalue weighted by Gasteiger charge is -1.92. The fourth-order valence-electron chi connectivity index (χ4n) is 0.214. The third-order valence-corrected chi connectivity index (χ3v) is 0.701. The number of hydrogen-bond acceptors (Lipinski definition) is 3. The molecular weight excluding hydrogens is 108 g/mol. The molecule has 0 saturated heterocycles. The zero-order chi connectivity index (χ0) is 6.57. The Morgan fingerprint density at radius 1 is 1.75 bits per heavy atom. The standard InChI is InChI=1S/C5H8O3/c1-4(3-6)5(7)8-2/h3,6H,1-2H3. The van der Waals surface area contributed by atoms with Crippen molar-refractivity contribution >= 4 is 5.97 Å². The van der Waals surface area contributed by atoms with Crippen LogP contribution in [0.3, 0.4) is 0 Å². The first-order valence-corrected chi connectivity index (χ1v) is 2.11. The number of aliphatic hydroxyl groups excluding tert-OH is 1. The molecule has 0 spiro atoms. The van der Waals surface area contributed by atoms with Crippen LogP contribution in [0, 0.1) is 0 Å². The van der Waals surface area contributed by atoms with E-state index >= 15 is 0 Å². The molecule has 1 N–H and O–H groups in total. The van der Waals surface area contributed by atoms with Gasteiger partial charge < -0.3 is 9.84 Å². The fourth-order valence-corrected chi connectivity index (χ4v) is 0.214. The van der Waals surface area contributed by atoms with Gasteiger partial charge in [-0.05, 0) is 6.92 Å². The van der Waals surface area contributed by atoms with Crippen molar-refractivity contribution in [2.75, 3.05) is 7.11 Å². The minimum absolute atomic E-state index is 0.201. The van der Waals surface area contributed by atoms with E-state index in [4.69, 9.17) is 5.11 Å². The zero-order valence-electron chi connectivity index (χ0n) is 4.84. The second-order valence-corrected chi connectivity index (χ2v) is 1.30. The topological polar surface area (TPSA) is 46.5 Å². The molecule has 0 aromatic heterocycles. The molecule has 0 fully saturated rings. The molecule has 0 saturated carbocycles. The van der Waals surface area contributed by atoms with Crippen molar-refractivity contribution in [3.05, 3.63) is 11.8 Å². The molecule has 0 radical (unpaired) electrons. The van der Waals surface area contributed by atoms with E-state index in [2.05, 4.69) is 4.74 Å². The molecule has 0 rings (SSSR count). The maximum absolute atomic E-state index is 10.3. The van der Waals surface area contributed by atoms with Crippen LogP contribution in [0.1, 0.15) is 6.92 Å². The van der Waals surface area contributed by atoms with E-state index in [1.54, 1.807) is 0 Å². The van der Waals surface area contributed by atoms with Crippen LogP contribution in [0.15, 0.2) is 11.8 Å². The highest BCUT2D eigenvalue weighted by Gasteiger charge is 1.99. The normalized spacial score (nSPS) is 11.0. The van der Waals surface area contributed by atoms with Crippen LogP contribution < -0.4 is 0 Å². The van der Waals surface area contributed by atoms with Gasteiger partial charge in [0.1, 0.15) is 0 Å². The Bertz CT molecular complexity index is 115. The molecule has 0 unspecified atom stereocenters. The fraction of sp³-hybridized carbons (Fsp3) is 0.400. The van der Waals surface area contributed by atoms with Crippen LogP contribution in [-0.2, 0) is 9.53 Å². The van der Waals surface area contributed by atoms with Gasteiger partial charge in [-0.1, -0.05) is 0 Å². The van der Waals surface area contributed by atoms with Crippen molar-refractivity contribution in [1.29, 1.82) is 0 Å². The second-order valence-electron chi connectivity index (χ2n) is 1.30. The summed E-state index contributed by atoms with van der Waals surface area (Å²) < 4.78 is 4.24. The first-order valence-electron chi connectivity index (χ1n) is 2.11. The van der Waals surface area contributed by atoms with Crippen LogP contribution in [0.25, 0.3) is 0 Å². The highest BCUT2D eigenvalue weighted by atomic mass is 16.5. The summed E-state index contributed by atoms with van der Waals surface area (Å²) in [5.74, 6) is -0.507. The third kappa shape index (κ3) is 1.64. The number of carbonyl (C=O) groups is 1. The zero-order valence-corrected chi connectivity index (χ0v) is 4.84. The van der Waals surface area contributed by atoms with Crippen molar-refractivity contribution in [1.82, 2.24) is 0 Å². The van der Waals surface area contributed by atoms with Crippen molar-refractivity contribution in [3.8, 4) is 0 Å². The summed E-state index contributed by atoms with van der Waals surface area (Å²) in [6.07, 6.45) is 0.714. The summed E-state index contributed by atoms with van der Waals surface area (Å²) >= 11 is 0. The van der Waals surface area contributed by atoms with Crippen LogP contribution >= 0.6 is 0 Å². The van der Waals surface area contributed by atoms with Gasteiger partial charge in [0.05, 0.1) is 18.9 Å². The molecule has 0 aliphatic rings. The third-order valence-electron chi connectivity index (χ3n) is 0.701. The summed E-state index contributed by atoms with van der Waals surface area (Å²) in [6.45, 7) is 1.46. The molecular formula is C5H8O3. The van der Waals surface area contributed by atoms with Crippen LogP contribution in [-0.4, -0.2) is 18.2 Å². The van der Waals surface area contributed by atoms with E-state index < -0.39 is 5.97 Å². The monoisotopic (exact) mass is 116 g/mol. The molecule has 46 valence electrons. The number of rotatable bonds is 1. The Balaban J connectivity index is 3.83. The average Bonchev–Trinajstić information content (AvgIpc) is 1.84. The van der Waals surface area contributed by atoms with Gasteiger partial charge in [-0.15, -0.1) is 0 Å². The molecule has 8 heavy (non-hydrogen) atoms. The molecule has 3 heteroatoms. The highest BCUT2D eigenvalue weighted by Crippen LogP contribution is 1.90. The van der Waals surface area contributed by atoms with Gasteiger partial charge in [-0.25, -0.2) is 4.79 Å². The number of ether oxygens (including phenoxy) is 1. The predicted octanol–water partition coefficient (Wildman–Crippen LogP) is 0.621. The Hall–Kier alpha value is -0.990. The molecule has 0 aromatic carbocycles. The highest BCUT2D eigenvalue weighted by molar-refractivity contribution is 5.87. The van der Waals surface area contributed by atoms with Gasteiger partial charge >= 0.3 is 5.97 Å². The van der Waals surface area contributed by atoms with Crippen LogP contribution in [0.2, 0.25) is 0 Å². The SMILES string of the molecule is COC(=O)C(C)=CO. The van der Waals surface area contributed by atoms with Crippen molar-refractivity contribution in [3.63, 3.8) is 0 Å². The maximum Gasteiger partial charge on any atom is 0.336 e. The molecule has 0 heterocycles. The first-order chi connectivity index (χ1) is 3.72. The van der Waals surface area contributed by atoms with E-state index in [0.29, 0.717) is 6.26 Å². The van der Waals surface area contributed by atoms with Gasteiger partial charge in [0.2, 0.25) is 0 Å². The minimum atomic E-state index is -0.507. The van der Waals surface area contributed by atoms with Crippen LogP contribution in [0.4, 0.5) is 0 Å². The van der Waals surface area contributed by atoms with Gasteiger partial charge in [0.15, 0.2) is 0 Å².